The highest BCUT2D eigenvalue weighted by Crippen LogP contribution is 2.61. The molecule has 2 N–H and O–H groups in total. The standard InChI is InChI=1S/C25H37N5O3/c1-29-16-21(14-28-29)24(33)27-13-17-2-4-30(5-3-17)23(32)15-26-22(31)12-25-9-18-6-19(10-25)8-20(7-18)11-25/h14,16-20H,2-13,15H2,1H3,(H,26,31)(H,27,33). The molecule has 180 valence electrons. The summed E-state index contributed by atoms with van der Waals surface area (Å²) in [5.41, 5.74) is 0.773. The van der Waals surface area contributed by atoms with Gasteiger partial charge in [-0.3, -0.25) is 19.1 Å². The van der Waals surface area contributed by atoms with Gasteiger partial charge in [-0.05, 0) is 80.5 Å². The second kappa shape index (κ2) is 9.11. The third kappa shape index (κ3) is 5.09. The fraction of sp³-hybridized carbons (Fsp3) is 0.760. The molecular formula is C25H37N5O3. The third-order valence-corrected chi connectivity index (χ3v) is 8.62. The van der Waals surface area contributed by atoms with E-state index in [0.717, 1.165) is 30.6 Å². The van der Waals surface area contributed by atoms with Crippen LogP contribution in [0, 0.1) is 29.1 Å². The maximum atomic E-state index is 12.7. The van der Waals surface area contributed by atoms with Gasteiger partial charge in [0.2, 0.25) is 11.8 Å². The Morgan fingerprint density at radius 2 is 1.67 bits per heavy atom. The van der Waals surface area contributed by atoms with E-state index >= 15 is 0 Å². The molecule has 0 radical (unpaired) electrons. The topological polar surface area (TPSA) is 96.3 Å². The van der Waals surface area contributed by atoms with Crippen molar-refractivity contribution in [3.63, 3.8) is 0 Å². The van der Waals surface area contributed by atoms with Crippen LogP contribution in [0.15, 0.2) is 12.4 Å². The third-order valence-electron chi connectivity index (χ3n) is 8.62. The summed E-state index contributed by atoms with van der Waals surface area (Å²) in [7, 11) is 1.79. The quantitative estimate of drug-likeness (QED) is 0.658. The van der Waals surface area contributed by atoms with Crippen molar-refractivity contribution in [2.75, 3.05) is 26.2 Å². The highest BCUT2D eigenvalue weighted by molar-refractivity contribution is 5.93. The van der Waals surface area contributed by atoms with Crippen LogP contribution in [0.3, 0.4) is 0 Å². The van der Waals surface area contributed by atoms with Crippen LogP contribution in [0.5, 0.6) is 0 Å². The van der Waals surface area contributed by atoms with E-state index in [-0.39, 0.29) is 29.7 Å². The van der Waals surface area contributed by atoms with Crippen molar-refractivity contribution in [3.05, 3.63) is 18.0 Å². The highest BCUT2D eigenvalue weighted by Gasteiger charge is 2.51. The van der Waals surface area contributed by atoms with E-state index in [1.807, 2.05) is 4.90 Å². The summed E-state index contributed by atoms with van der Waals surface area (Å²) < 4.78 is 1.61. The van der Waals surface area contributed by atoms with Crippen LogP contribution in [0.4, 0.5) is 0 Å². The van der Waals surface area contributed by atoms with Gasteiger partial charge in [-0.1, -0.05) is 0 Å². The summed E-state index contributed by atoms with van der Waals surface area (Å²) in [6, 6.07) is 0. The fourth-order valence-corrected chi connectivity index (χ4v) is 7.46. The van der Waals surface area contributed by atoms with E-state index in [1.54, 1.807) is 24.1 Å². The molecule has 3 amide bonds. The SMILES string of the molecule is Cn1cc(C(=O)NCC2CCN(C(=O)CNC(=O)CC34CC5CC(CC(C5)C3)C4)CC2)cn1. The number of rotatable bonds is 7. The summed E-state index contributed by atoms with van der Waals surface area (Å²) in [6.45, 7) is 2.07. The molecule has 2 heterocycles. The summed E-state index contributed by atoms with van der Waals surface area (Å²) in [4.78, 5) is 39.4. The molecule has 1 aromatic heterocycles. The molecule has 4 aliphatic carbocycles. The number of likely N-dealkylation sites (tertiary alicyclic amines) is 1. The van der Waals surface area contributed by atoms with Gasteiger partial charge in [0.1, 0.15) is 0 Å². The Kier molecular flexibility index (Phi) is 6.18. The molecule has 1 aliphatic heterocycles. The molecule has 1 aromatic rings. The van der Waals surface area contributed by atoms with Crippen molar-refractivity contribution in [2.24, 2.45) is 36.1 Å². The van der Waals surface area contributed by atoms with E-state index in [0.29, 0.717) is 37.5 Å². The Balaban J connectivity index is 1.01. The minimum absolute atomic E-state index is 0.00621. The first-order chi connectivity index (χ1) is 15.9. The monoisotopic (exact) mass is 455 g/mol. The maximum Gasteiger partial charge on any atom is 0.254 e. The number of aryl methyl sites for hydroxylation is 1. The van der Waals surface area contributed by atoms with Crippen molar-refractivity contribution >= 4 is 17.7 Å². The van der Waals surface area contributed by atoms with Gasteiger partial charge in [-0.2, -0.15) is 5.10 Å². The summed E-state index contributed by atoms with van der Waals surface area (Å²) in [5.74, 6) is 2.82. The van der Waals surface area contributed by atoms with Crippen LogP contribution in [-0.4, -0.2) is 58.6 Å². The van der Waals surface area contributed by atoms with Gasteiger partial charge >= 0.3 is 0 Å². The van der Waals surface area contributed by atoms with Crippen LogP contribution in [0.2, 0.25) is 0 Å². The van der Waals surface area contributed by atoms with Crippen LogP contribution >= 0.6 is 0 Å². The fourth-order valence-electron chi connectivity index (χ4n) is 7.46. The molecule has 1 saturated heterocycles. The number of carbonyl (C=O) groups excluding carboxylic acids is 3. The van der Waals surface area contributed by atoms with Gasteiger partial charge in [-0.15, -0.1) is 0 Å². The van der Waals surface area contributed by atoms with Crippen molar-refractivity contribution in [1.29, 1.82) is 0 Å². The average Bonchev–Trinajstić information content (AvgIpc) is 3.21. The Labute approximate surface area is 195 Å². The zero-order valence-electron chi connectivity index (χ0n) is 19.7. The molecule has 5 aliphatic rings. The lowest BCUT2D eigenvalue weighted by atomic mass is 9.49. The lowest BCUT2D eigenvalue weighted by Gasteiger charge is -2.56. The summed E-state index contributed by atoms with van der Waals surface area (Å²) in [6.07, 6.45) is 13.4. The van der Waals surface area contributed by atoms with Gasteiger partial charge in [-0.25, -0.2) is 0 Å². The van der Waals surface area contributed by atoms with Crippen LogP contribution in [0.1, 0.15) is 68.1 Å². The molecule has 0 unspecified atom stereocenters. The molecule has 6 rings (SSSR count). The number of amides is 3. The van der Waals surface area contributed by atoms with Crippen molar-refractivity contribution in [1.82, 2.24) is 25.3 Å². The Morgan fingerprint density at radius 3 is 2.24 bits per heavy atom. The number of carbonyl (C=O) groups is 3. The molecule has 8 heteroatoms. The first kappa shape index (κ1) is 22.4. The maximum absolute atomic E-state index is 12.7. The Morgan fingerprint density at radius 1 is 1.03 bits per heavy atom. The molecule has 8 nitrogen and oxygen atoms in total. The number of aromatic nitrogens is 2. The van der Waals surface area contributed by atoms with Gasteiger partial charge in [0.15, 0.2) is 0 Å². The van der Waals surface area contributed by atoms with Crippen molar-refractivity contribution < 1.29 is 14.4 Å². The molecule has 33 heavy (non-hydrogen) atoms. The average molecular weight is 456 g/mol. The van der Waals surface area contributed by atoms with E-state index < -0.39 is 0 Å². The number of nitrogens with zero attached hydrogens (tertiary/aromatic N) is 3. The van der Waals surface area contributed by atoms with Crippen LogP contribution < -0.4 is 10.6 Å². The second-order valence-electron chi connectivity index (χ2n) is 11.3. The van der Waals surface area contributed by atoms with E-state index in [1.165, 1.54) is 38.5 Å². The smallest absolute Gasteiger partial charge is 0.254 e. The Hall–Kier alpha value is -2.38. The number of nitrogens with one attached hydrogen (secondary N) is 2. The lowest BCUT2D eigenvalue weighted by Crippen LogP contribution is -2.49. The first-order valence-corrected chi connectivity index (χ1v) is 12.7. The Bertz CT molecular complexity index is 866. The second-order valence-corrected chi connectivity index (χ2v) is 11.3. The van der Waals surface area contributed by atoms with Crippen molar-refractivity contribution in [2.45, 2.75) is 57.8 Å². The molecule has 4 saturated carbocycles. The van der Waals surface area contributed by atoms with Gasteiger partial charge in [0.05, 0.1) is 18.3 Å². The molecular weight excluding hydrogens is 418 g/mol. The van der Waals surface area contributed by atoms with Gasteiger partial charge in [0.25, 0.3) is 5.91 Å². The normalized spacial score (nSPS) is 30.9. The lowest BCUT2D eigenvalue weighted by molar-refractivity contribution is -0.136. The van der Waals surface area contributed by atoms with E-state index in [9.17, 15) is 14.4 Å². The largest absolute Gasteiger partial charge is 0.352 e. The highest BCUT2D eigenvalue weighted by atomic mass is 16.2. The zero-order chi connectivity index (χ0) is 23.0. The minimum Gasteiger partial charge on any atom is -0.352 e. The number of hydrogen-bond acceptors (Lipinski definition) is 4. The molecule has 5 fully saturated rings. The molecule has 0 aromatic carbocycles. The molecule has 4 bridgehead atoms. The van der Waals surface area contributed by atoms with Crippen molar-refractivity contribution in [3.8, 4) is 0 Å². The predicted molar refractivity (Wildman–Crippen MR) is 123 cm³/mol. The number of hydrogen-bond donors (Lipinski definition) is 2. The number of piperidine rings is 1. The summed E-state index contributed by atoms with van der Waals surface area (Å²) in [5, 5.41) is 9.93. The first-order valence-electron chi connectivity index (χ1n) is 12.7. The molecule has 0 spiro atoms. The van der Waals surface area contributed by atoms with E-state index in [2.05, 4.69) is 15.7 Å². The summed E-state index contributed by atoms with van der Waals surface area (Å²) >= 11 is 0. The molecule has 0 atom stereocenters. The van der Waals surface area contributed by atoms with Gasteiger partial charge < -0.3 is 15.5 Å². The zero-order valence-corrected chi connectivity index (χ0v) is 19.7. The van der Waals surface area contributed by atoms with Gasteiger partial charge in [0, 0.05) is 39.3 Å². The van der Waals surface area contributed by atoms with Crippen LogP contribution in [-0.2, 0) is 16.6 Å². The van der Waals surface area contributed by atoms with E-state index in [4.69, 9.17) is 0 Å². The minimum atomic E-state index is -0.108. The van der Waals surface area contributed by atoms with Crippen LogP contribution in [0.25, 0.3) is 0 Å². The predicted octanol–water partition coefficient (Wildman–Crippen LogP) is 2.11.